The third-order valence-corrected chi connectivity index (χ3v) is 3.63. The number of aromatic nitrogens is 1. The standard InChI is InChI=1S/C18H15ClN2O/c19-15-4-1-3-13(11-15)12-21-16-8-6-14(7-9-16)17-5-2-10-20-18(17)22/h1-11,21H,12H2,(H,20,22). The molecular weight excluding hydrogens is 296 g/mol. The topological polar surface area (TPSA) is 44.9 Å². The second-order valence-electron chi connectivity index (χ2n) is 4.97. The molecule has 22 heavy (non-hydrogen) atoms. The Kier molecular flexibility index (Phi) is 4.26. The van der Waals surface area contributed by atoms with Crippen LogP contribution in [-0.4, -0.2) is 4.98 Å². The van der Waals surface area contributed by atoms with Crippen molar-refractivity contribution in [3.8, 4) is 11.1 Å². The van der Waals surface area contributed by atoms with Crippen LogP contribution in [-0.2, 0) is 6.54 Å². The van der Waals surface area contributed by atoms with E-state index in [2.05, 4.69) is 10.3 Å². The highest BCUT2D eigenvalue weighted by molar-refractivity contribution is 6.30. The van der Waals surface area contributed by atoms with Crippen molar-refractivity contribution in [2.24, 2.45) is 0 Å². The molecule has 2 N–H and O–H groups in total. The van der Waals surface area contributed by atoms with Crippen molar-refractivity contribution in [3.05, 3.63) is 87.8 Å². The predicted octanol–water partition coefficient (Wildman–Crippen LogP) is 4.31. The normalized spacial score (nSPS) is 10.4. The first-order valence-electron chi connectivity index (χ1n) is 6.99. The molecule has 3 rings (SSSR count). The lowest BCUT2D eigenvalue weighted by molar-refractivity contribution is 1.15. The number of nitrogens with one attached hydrogen (secondary N) is 2. The lowest BCUT2D eigenvalue weighted by Crippen LogP contribution is -2.06. The van der Waals surface area contributed by atoms with Gasteiger partial charge in [0.05, 0.1) is 0 Å². The smallest absolute Gasteiger partial charge is 0.255 e. The molecule has 0 aliphatic rings. The number of aromatic amines is 1. The molecule has 0 aliphatic heterocycles. The molecule has 0 fully saturated rings. The fourth-order valence-corrected chi connectivity index (χ4v) is 2.48. The fraction of sp³-hybridized carbons (Fsp3) is 0.0556. The first kappa shape index (κ1) is 14.4. The fourth-order valence-electron chi connectivity index (χ4n) is 2.27. The van der Waals surface area contributed by atoms with Crippen molar-refractivity contribution < 1.29 is 0 Å². The zero-order valence-electron chi connectivity index (χ0n) is 11.8. The molecule has 0 unspecified atom stereocenters. The third-order valence-electron chi connectivity index (χ3n) is 3.40. The molecule has 1 aromatic heterocycles. The molecule has 0 radical (unpaired) electrons. The number of halogens is 1. The van der Waals surface area contributed by atoms with E-state index in [1.54, 1.807) is 6.20 Å². The number of hydrogen-bond donors (Lipinski definition) is 2. The maximum absolute atomic E-state index is 11.8. The van der Waals surface area contributed by atoms with Crippen LogP contribution in [0.2, 0.25) is 5.02 Å². The largest absolute Gasteiger partial charge is 0.381 e. The van der Waals surface area contributed by atoms with E-state index in [9.17, 15) is 4.79 Å². The highest BCUT2D eigenvalue weighted by atomic mass is 35.5. The molecule has 4 heteroatoms. The number of benzene rings is 2. The van der Waals surface area contributed by atoms with Crippen molar-refractivity contribution in [1.82, 2.24) is 4.98 Å². The monoisotopic (exact) mass is 310 g/mol. The molecule has 0 saturated heterocycles. The molecule has 0 bridgehead atoms. The van der Waals surface area contributed by atoms with Gasteiger partial charge in [-0.3, -0.25) is 4.79 Å². The van der Waals surface area contributed by atoms with Crippen molar-refractivity contribution in [2.75, 3.05) is 5.32 Å². The van der Waals surface area contributed by atoms with E-state index in [0.717, 1.165) is 21.8 Å². The summed E-state index contributed by atoms with van der Waals surface area (Å²) in [5.74, 6) is 0. The van der Waals surface area contributed by atoms with Crippen LogP contribution in [0.4, 0.5) is 5.69 Å². The molecule has 0 saturated carbocycles. The van der Waals surface area contributed by atoms with E-state index in [1.165, 1.54) is 0 Å². The number of anilines is 1. The van der Waals surface area contributed by atoms with Gasteiger partial charge in [0.15, 0.2) is 0 Å². The van der Waals surface area contributed by atoms with Gasteiger partial charge in [-0.25, -0.2) is 0 Å². The minimum Gasteiger partial charge on any atom is -0.381 e. The van der Waals surface area contributed by atoms with Crippen LogP contribution in [0.5, 0.6) is 0 Å². The Morgan fingerprint density at radius 1 is 1.00 bits per heavy atom. The van der Waals surface area contributed by atoms with Crippen molar-refractivity contribution in [1.29, 1.82) is 0 Å². The zero-order chi connectivity index (χ0) is 15.4. The Bertz CT molecular complexity index is 825. The van der Waals surface area contributed by atoms with E-state index in [0.29, 0.717) is 12.1 Å². The van der Waals surface area contributed by atoms with E-state index < -0.39 is 0 Å². The predicted molar refractivity (Wildman–Crippen MR) is 91.3 cm³/mol. The van der Waals surface area contributed by atoms with Crippen LogP contribution in [0, 0.1) is 0 Å². The van der Waals surface area contributed by atoms with Gasteiger partial charge in [-0.05, 0) is 47.5 Å². The average Bonchev–Trinajstić information content (AvgIpc) is 2.54. The quantitative estimate of drug-likeness (QED) is 0.754. The Hall–Kier alpha value is -2.52. The second kappa shape index (κ2) is 6.50. The Morgan fingerprint density at radius 2 is 1.82 bits per heavy atom. The summed E-state index contributed by atoms with van der Waals surface area (Å²) in [6.07, 6.45) is 1.63. The van der Waals surface area contributed by atoms with Gasteiger partial charge in [-0.1, -0.05) is 35.9 Å². The first-order valence-corrected chi connectivity index (χ1v) is 7.36. The van der Waals surface area contributed by atoms with Crippen molar-refractivity contribution >= 4 is 17.3 Å². The van der Waals surface area contributed by atoms with E-state index in [1.807, 2.05) is 60.7 Å². The summed E-state index contributed by atoms with van der Waals surface area (Å²) in [7, 11) is 0. The average molecular weight is 311 g/mol. The van der Waals surface area contributed by atoms with Gasteiger partial charge in [-0.15, -0.1) is 0 Å². The Labute approximate surface area is 133 Å². The molecular formula is C18H15ClN2O. The van der Waals surface area contributed by atoms with E-state index >= 15 is 0 Å². The van der Waals surface area contributed by atoms with Crippen LogP contribution in [0.25, 0.3) is 11.1 Å². The summed E-state index contributed by atoms with van der Waals surface area (Å²) in [5, 5.41) is 4.07. The van der Waals surface area contributed by atoms with Crippen LogP contribution >= 0.6 is 11.6 Å². The van der Waals surface area contributed by atoms with Gasteiger partial charge in [0, 0.05) is 29.0 Å². The Morgan fingerprint density at radius 3 is 2.55 bits per heavy atom. The summed E-state index contributed by atoms with van der Waals surface area (Å²) < 4.78 is 0. The summed E-state index contributed by atoms with van der Waals surface area (Å²) in [6.45, 7) is 0.700. The second-order valence-corrected chi connectivity index (χ2v) is 5.41. The number of H-pyrrole nitrogens is 1. The highest BCUT2D eigenvalue weighted by Crippen LogP contribution is 2.19. The molecule has 0 spiro atoms. The summed E-state index contributed by atoms with van der Waals surface area (Å²) in [4.78, 5) is 14.4. The van der Waals surface area contributed by atoms with Crippen LogP contribution in [0.3, 0.4) is 0 Å². The van der Waals surface area contributed by atoms with Crippen molar-refractivity contribution in [3.63, 3.8) is 0 Å². The molecule has 3 aromatic rings. The maximum atomic E-state index is 11.8. The van der Waals surface area contributed by atoms with E-state index in [-0.39, 0.29) is 5.56 Å². The van der Waals surface area contributed by atoms with E-state index in [4.69, 9.17) is 11.6 Å². The lowest BCUT2D eigenvalue weighted by Gasteiger charge is -2.08. The van der Waals surface area contributed by atoms with Gasteiger partial charge < -0.3 is 10.3 Å². The lowest BCUT2D eigenvalue weighted by atomic mass is 10.1. The number of hydrogen-bond acceptors (Lipinski definition) is 2. The number of pyridine rings is 1. The van der Waals surface area contributed by atoms with Gasteiger partial charge in [-0.2, -0.15) is 0 Å². The molecule has 110 valence electrons. The number of rotatable bonds is 4. The molecule has 0 atom stereocenters. The Balaban J connectivity index is 1.72. The van der Waals surface area contributed by atoms with Crippen LogP contribution in [0.15, 0.2) is 71.7 Å². The van der Waals surface area contributed by atoms with Gasteiger partial charge >= 0.3 is 0 Å². The van der Waals surface area contributed by atoms with Crippen LogP contribution < -0.4 is 10.9 Å². The molecule has 0 aliphatic carbocycles. The van der Waals surface area contributed by atoms with Gasteiger partial charge in [0.1, 0.15) is 0 Å². The summed E-state index contributed by atoms with van der Waals surface area (Å²) in [5.41, 5.74) is 3.60. The summed E-state index contributed by atoms with van der Waals surface area (Å²) >= 11 is 5.97. The van der Waals surface area contributed by atoms with Gasteiger partial charge in [0.25, 0.3) is 5.56 Å². The first-order chi connectivity index (χ1) is 10.7. The maximum Gasteiger partial charge on any atom is 0.255 e. The molecule has 2 aromatic carbocycles. The minimum absolute atomic E-state index is 0.0814. The molecule has 3 nitrogen and oxygen atoms in total. The zero-order valence-corrected chi connectivity index (χ0v) is 12.6. The highest BCUT2D eigenvalue weighted by Gasteiger charge is 2.02. The SMILES string of the molecule is O=c1[nH]cccc1-c1ccc(NCc2cccc(Cl)c2)cc1. The minimum atomic E-state index is -0.0814. The van der Waals surface area contributed by atoms with Crippen LogP contribution in [0.1, 0.15) is 5.56 Å². The molecule has 0 amide bonds. The van der Waals surface area contributed by atoms with Gasteiger partial charge in [0.2, 0.25) is 0 Å². The van der Waals surface area contributed by atoms with Crippen molar-refractivity contribution in [2.45, 2.75) is 6.54 Å². The summed E-state index contributed by atoms with van der Waals surface area (Å²) in [6, 6.07) is 19.2. The molecule has 1 heterocycles. The third kappa shape index (κ3) is 3.38.